The molecule has 1 saturated heterocycles. The normalized spacial score (nSPS) is 14.2. The zero-order valence-electron chi connectivity index (χ0n) is 20.7. The first kappa shape index (κ1) is 26.6. The van der Waals surface area contributed by atoms with Gasteiger partial charge < -0.3 is 21.3 Å². The van der Waals surface area contributed by atoms with Crippen molar-refractivity contribution < 1.29 is 18.0 Å². The number of amidine groups is 1. The van der Waals surface area contributed by atoms with Crippen molar-refractivity contribution in [1.29, 1.82) is 0 Å². The highest BCUT2D eigenvalue weighted by Gasteiger charge is 2.31. The molecule has 0 saturated carbocycles. The van der Waals surface area contributed by atoms with Crippen LogP contribution in [-0.2, 0) is 6.18 Å². The summed E-state index contributed by atoms with van der Waals surface area (Å²) in [7, 11) is 0. The third-order valence-corrected chi connectivity index (χ3v) is 5.96. The number of halogens is 3. The lowest BCUT2D eigenvalue weighted by molar-refractivity contribution is -0.137. The van der Waals surface area contributed by atoms with Crippen LogP contribution in [0.4, 0.5) is 36.3 Å². The van der Waals surface area contributed by atoms with Gasteiger partial charge in [0.25, 0.3) is 5.91 Å². The maximum atomic E-state index is 13.0. The van der Waals surface area contributed by atoms with E-state index in [1.54, 1.807) is 19.2 Å². The fourth-order valence-corrected chi connectivity index (χ4v) is 3.95. The highest BCUT2D eigenvalue weighted by atomic mass is 19.4. The molecule has 2 aromatic heterocycles. The molecule has 3 heterocycles. The van der Waals surface area contributed by atoms with Crippen molar-refractivity contribution >= 4 is 34.9 Å². The second-order valence-corrected chi connectivity index (χ2v) is 8.71. The zero-order valence-corrected chi connectivity index (χ0v) is 20.7. The van der Waals surface area contributed by atoms with Crippen LogP contribution in [0.25, 0.3) is 0 Å². The Balaban J connectivity index is 1.62. The van der Waals surface area contributed by atoms with Gasteiger partial charge in [-0.2, -0.15) is 13.2 Å². The molecule has 0 unspecified atom stereocenters. The van der Waals surface area contributed by atoms with Gasteiger partial charge in [-0.15, -0.1) is 0 Å². The van der Waals surface area contributed by atoms with Crippen molar-refractivity contribution in [3.63, 3.8) is 0 Å². The molecule has 38 heavy (non-hydrogen) atoms. The molecule has 198 valence electrons. The van der Waals surface area contributed by atoms with E-state index in [0.29, 0.717) is 23.0 Å². The van der Waals surface area contributed by atoms with E-state index in [0.717, 1.165) is 56.2 Å². The van der Waals surface area contributed by atoms with Crippen LogP contribution in [0.5, 0.6) is 0 Å². The van der Waals surface area contributed by atoms with E-state index < -0.39 is 17.6 Å². The van der Waals surface area contributed by atoms with Gasteiger partial charge in [0.2, 0.25) is 5.95 Å². The van der Waals surface area contributed by atoms with Gasteiger partial charge in [0.15, 0.2) is 5.84 Å². The van der Waals surface area contributed by atoms with Gasteiger partial charge in [-0.3, -0.25) is 4.79 Å². The first-order valence-corrected chi connectivity index (χ1v) is 11.9. The molecule has 4 N–H and O–H groups in total. The molecule has 3 aromatic rings. The number of nitrogens with one attached hydrogen (secondary N) is 2. The number of nitrogens with zero attached hydrogens (tertiary/aromatic N) is 5. The van der Waals surface area contributed by atoms with Crippen LogP contribution in [0.3, 0.4) is 0 Å². The molecule has 1 aliphatic rings. The maximum Gasteiger partial charge on any atom is 0.416 e. The lowest BCUT2D eigenvalue weighted by Gasteiger charge is -2.27. The van der Waals surface area contributed by atoms with Crippen LogP contribution in [0, 0.1) is 6.92 Å². The van der Waals surface area contributed by atoms with Gasteiger partial charge >= 0.3 is 6.18 Å². The van der Waals surface area contributed by atoms with Gasteiger partial charge in [0.05, 0.1) is 23.1 Å². The number of aromatic nitrogens is 3. The minimum atomic E-state index is -4.56. The SMILES string of the molecule is C=CNc1cnc(N2CCCCC2)nc1C(N)=Nc1cc(C(=O)Nc2cc(C(F)(F)F)ccn2)ccc1C. The number of aliphatic imine (C=N–C) groups is 1. The molecule has 0 spiro atoms. The lowest BCUT2D eigenvalue weighted by Crippen LogP contribution is -2.32. The van der Waals surface area contributed by atoms with Crippen LogP contribution in [0.15, 0.2) is 60.5 Å². The number of nitrogens with two attached hydrogens (primary N) is 1. The topological polar surface area (TPSA) is 121 Å². The summed E-state index contributed by atoms with van der Waals surface area (Å²) in [6, 6.07) is 6.31. The van der Waals surface area contributed by atoms with Gasteiger partial charge in [-0.05, 0) is 62.2 Å². The number of alkyl halides is 3. The molecular formula is C26H27F3N8O. The largest absolute Gasteiger partial charge is 0.416 e. The molecule has 1 fully saturated rings. The molecule has 0 bridgehead atoms. The van der Waals surface area contributed by atoms with Gasteiger partial charge in [-0.25, -0.2) is 19.9 Å². The number of rotatable bonds is 7. The summed E-state index contributed by atoms with van der Waals surface area (Å²) in [4.78, 5) is 32.3. The van der Waals surface area contributed by atoms with Crippen molar-refractivity contribution in [3.8, 4) is 0 Å². The van der Waals surface area contributed by atoms with Crippen LogP contribution in [-0.4, -0.2) is 39.8 Å². The number of carbonyl (C=O) groups excluding carboxylic acids is 1. The average molecular weight is 525 g/mol. The zero-order chi connectivity index (χ0) is 27.3. The fourth-order valence-electron chi connectivity index (χ4n) is 3.95. The molecule has 0 atom stereocenters. The summed E-state index contributed by atoms with van der Waals surface area (Å²) in [5.74, 6) is -0.224. The minimum Gasteiger partial charge on any atom is -0.382 e. The summed E-state index contributed by atoms with van der Waals surface area (Å²) >= 11 is 0. The molecule has 9 nitrogen and oxygen atoms in total. The van der Waals surface area contributed by atoms with E-state index in [1.807, 2.05) is 0 Å². The van der Waals surface area contributed by atoms with E-state index in [4.69, 9.17) is 5.73 Å². The third-order valence-electron chi connectivity index (χ3n) is 5.96. The van der Waals surface area contributed by atoms with E-state index in [1.165, 1.54) is 18.3 Å². The Hall–Kier alpha value is -4.48. The molecule has 1 aliphatic heterocycles. The number of carbonyl (C=O) groups is 1. The Morgan fingerprint density at radius 2 is 1.92 bits per heavy atom. The number of pyridine rings is 1. The Bertz CT molecular complexity index is 1370. The number of aryl methyl sites for hydroxylation is 1. The second-order valence-electron chi connectivity index (χ2n) is 8.71. The monoisotopic (exact) mass is 524 g/mol. The summed E-state index contributed by atoms with van der Waals surface area (Å²) in [6.45, 7) is 7.17. The molecule has 12 heteroatoms. The minimum absolute atomic E-state index is 0.0928. The number of piperidine rings is 1. The van der Waals surface area contributed by atoms with Crippen molar-refractivity contribution in [2.24, 2.45) is 10.7 Å². The first-order chi connectivity index (χ1) is 18.2. The number of anilines is 3. The fraction of sp³-hybridized carbons (Fsp3) is 0.269. The van der Waals surface area contributed by atoms with Gasteiger partial charge in [0.1, 0.15) is 11.5 Å². The highest BCUT2D eigenvalue weighted by Crippen LogP contribution is 2.30. The Morgan fingerprint density at radius 3 is 2.63 bits per heavy atom. The van der Waals surface area contributed by atoms with E-state index >= 15 is 0 Å². The van der Waals surface area contributed by atoms with E-state index in [-0.39, 0.29) is 17.2 Å². The highest BCUT2D eigenvalue weighted by molar-refractivity contribution is 6.05. The Labute approximate surface area is 217 Å². The van der Waals surface area contributed by atoms with Gasteiger partial charge in [-0.1, -0.05) is 12.6 Å². The van der Waals surface area contributed by atoms with Crippen LogP contribution in [0.1, 0.15) is 46.4 Å². The molecule has 0 aliphatic carbocycles. The predicted octanol–water partition coefficient (Wildman–Crippen LogP) is 5.03. The third kappa shape index (κ3) is 6.25. The Kier molecular flexibility index (Phi) is 7.89. The molecule has 1 amide bonds. The number of hydrogen-bond acceptors (Lipinski definition) is 7. The van der Waals surface area contributed by atoms with Crippen LogP contribution in [0.2, 0.25) is 0 Å². The molecule has 0 radical (unpaired) electrons. The van der Waals surface area contributed by atoms with Crippen molar-refractivity contribution in [2.45, 2.75) is 32.4 Å². The van der Waals surface area contributed by atoms with Crippen LogP contribution < -0.4 is 21.3 Å². The maximum absolute atomic E-state index is 13.0. The second kappa shape index (κ2) is 11.3. The standard InChI is InChI=1S/C26H27F3N8O/c1-3-31-20-15-33-25(37-11-5-4-6-12-37)36-22(20)23(30)34-19-13-17(8-7-16(19)2)24(38)35-21-14-18(9-10-32-21)26(27,28)29/h3,7-10,13-15,31H,1,4-6,11-12H2,2H3,(H2,30,34)(H,32,35,38). The van der Waals surface area contributed by atoms with Crippen molar-refractivity contribution in [3.05, 3.63) is 77.9 Å². The summed E-state index contributed by atoms with van der Waals surface area (Å²) in [5.41, 5.74) is 7.66. The van der Waals surface area contributed by atoms with E-state index in [9.17, 15) is 18.0 Å². The number of benzene rings is 1. The summed E-state index contributed by atoms with van der Waals surface area (Å²) in [5, 5.41) is 5.36. The Morgan fingerprint density at radius 1 is 1.16 bits per heavy atom. The van der Waals surface area contributed by atoms with Crippen LogP contribution >= 0.6 is 0 Å². The van der Waals surface area contributed by atoms with E-state index in [2.05, 4.69) is 42.1 Å². The van der Waals surface area contributed by atoms with Crippen molar-refractivity contribution in [1.82, 2.24) is 15.0 Å². The van der Waals surface area contributed by atoms with Crippen molar-refractivity contribution in [2.75, 3.05) is 28.6 Å². The summed E-state index contributed by atoms with van der Waals surface area (Å²) < 4.78 is 39.0. The smallest absolute Gasteiger partial charge is 0.382 e. The predicted molar refractivity (Wildman–Crippen MR) is 141 cm³/mol. The molecular weight excluding hydrogens is 497 g/mol. The molecule has 4 rings (SSSR count). The first-order valence-electron chi connectivity index (χ1n) is 11.9. The van der Waals surface area contributed by atoms with Gasteiger partial charge in [0, 0.05) is 24.8 Å². The lowest BCUT2D eigenvalue weighted by atomic mass is 10.1. The average Bonchev–Trinajstić information content (AvgIpc) is 2.90. The molecule has 1 aromatic carbocycles. The quantitative estimate of drug-likeness (QED) is 0.293. The number of hydrogen-bond donors (Lipinski definition) is 3. The number of amides is 1. The summed E-state index contributed by atoms with van der Waals surface area (Å²) in [6.07, 6.45) is 2.80.